The maximum Gasteiger partial charge on any atom is 0.270 e. The zero-order valence-electron chi connectivity index (χ0n) is 11.9. The molecule has 0 amide bonds. The molecule has 0 aliphatic heterocycles. The highest BCUT2D eigenvalue weighted by Crippen LogP contribution is 2.29. The first-order valence-corrected chi connectivity index (χ1v) is 7.00. The van der Waals surface area contributed by atoms with E-state index in [2.05, 4.69) is 11.9 Å². The molecule has 0 spiro atoms. The summed E-state index contributed by atoms with van der Waals surface area (Å²) in [6.45, 7) is 3.84. The zero-order valence-corrected chi connectivity index (χ0v) is 11.9. The quantitative estimate of drug-likeness (QED) is 0.520. The summed E-state index contributed by atoms with van der Waals surface area (Å²) >= 11 is 0. The van der Waals surface area contributed by atoms with Crippen molar-refractivity contribution in [3.05, 3.63) is 33.4 Å². The SMILES string of the molecule is Cc1cc([N+](=O)[O-])cc(C=NC2CCCCC2C)c1O. The van der Waals surface area contributed by atoms with E-state index in [0.29, 0.717) is 17.0 Å². The van der Waals surface area contributed by atoms with Gasteiger partial charge < -0.3 is 5.11 Å². The third kappa shape index (κ3) is 3.15. The van der Waals surface area contributed by atoms with Gasteiger partial charge >= 0.3 is 0 Å². The largest absolute Gasteiger partial charge is 0.507 e. The van der Waals surface area contributed by atoms with Gasteiger partial charge in [-0.05, 0) is 31.2 Å². The van der Waals surface area contributed by atoms with Crippen molar-refractivity contribution in [3.63, 3.8) is 0 Å². The maximum absolute atomic E-state index is 10.9. The van der Waals surface area contributed by atoms with Crippen LogP contribution in [0.4, 0.5) is 5.69 Å². The third-order valence-corrected chi connectivity index (χ3v) is 4.00. The fourth-order valence-electron chi connectivity index (χ4n) is 2.69. The van der Waals surface area contributed by atoms with E-state index < -0.39 is 4.92 Å². The molecule has 1 fully saturated rings. The first-order valence-electron chi connectivity index (χ1n) is 7.00. The number of phenolic OH excluding ortho intramolecular Hbond substituents is 1. The lowest BCUT2D eigenvalue weighted by atomic mass is 9.86. The Hall–Kier alpha value is -1.91. The lowest BCUT2D eigenvalue weighted by Gasteiger charge is -2.25. The highest BCUT2D eigenvalue weighted by molar-refractivity contribution is 5.85. The van der Waals surface area contributed by atoms with Gasteiger partial charge in [0, 0.05) is 23.9 Å². The van der Waals surface area contributed by atoms with E-state index in [9.17, 15) is 15.2 Å². The summed E-state index contributed by atoms with van der Waals surface area (Å²) in [5.41, 5.74) is 0.908. The van der Waals surface area contributed by atoms with E-state index in [1.807, 2.05) is 0 Å². The van der Waals surface area contributed by atoms with Gasteiger partial charge in [0.25, 0.3) is 5.69 Å². The van der Waals surface area contributed by atoms with Crippen LogP contribution in [0.2, 0.25) is 0 Å². The molecule has 5 nitrogen and oxygen atoms in total. The lowest BCUT2D eigenvalue weighted by molar-refractivity contribution is -0.384. The zero-order chi connectivity index (χ0) is 14.7. The number of hydrogen-bond acceptors (Lipinski definition) is 4. The summed E-state index contributed by atoms with van der Waals surface area (Å²) in [4.78, 5) is 14.9. The van der Waals surface area contributed by atoms with Crippen molar-refractivity contribution in [2.24, 2.45) is 10.9 Å². The molecule has 1 aliphatic rings. The Morgan fingerprint density at radius 2 is 2.10 bits per heavy atom. The molecule has 2 rings (SSSR count). The minimum Gasteiger partial charge on any atom is -0.507 e. The number of aliphatic imine (C=N–C) groups is 1. The Morgan fingerprint density at radius 1 is 1.40 bits per heavy atom. The first-order chi connectivity index (χ1) is 9.49. The van der Waals surface area contributed by atoms with Crippen molar-refractivity contribution >= 4 is 11.9 Å². The predicted molar refractivity (Wildman–Crippen MR) is 78.5 cm³/mol. The number of nitrogens with zero attached hydrogens (tertiary/aromatic N) is 2. The number of nitro benzene ring substituents is 1. The Balaban J connectivity index is 2.25. The maximum atomic E-state index is 10.9. The molecule has 1 N–H and O–H groups in total. The molecular formula is C15H20N2O3. The average molecular weight is 276 g/mol. The van der Waals surface area contributed by atoms with Gasteiger partial charge in [-0.15, -0.1) is 0 Å². The number of hydrogen-bond donors (Lipinski definition) is 1. The molecule has 0 heterocycles. The summed E-state index contributed by atoms with van der Waals surface area (Å²) in [5, 5.41) is 20.8. The minimum atomic E-state index is -0.451. The molecule has 0 radical (unpaired) electrons. The van der Waals surface area contributed by atoms with Gasteiger partial charge in [-0.2, -0.15) is 0 Å². The molecule has 5 heteroatoms. The van der Waals surface area contributed by atoms with Crippen LogP contribution >= 0.6 is 0 Å². The Morgan fingerprint density at radius 3 is 2.75 bits per heavy atom. The molecule has 20 heavy (non-hydrogen) atoms. The van der Waals surface area contributed by atoms with Gasteiger partial charge in [0.15, 0.2) is 0 Å². The van der Waals surface area contributed by atoms with E-state index in [0.717, 1.165) is 6.42 Å². The predicted octanol–water partition coefficient (Wildman–Crippen LogP) is 3.61. The number of aryl methyl sites for hydroxylation is 1. The van der Waals surface area contributed by atoms with Crippen molar-refractivity contribution in [2.45, 2.75) is 45.6 Å². The second kappa shape index (κ2) is 6.03. The molecule has 0 saturated heterocycles. The number of benzene rings is 1. The van der Waals surface area contributed by atoms with Crippen LogP contribution in [-0.4, -0.2) is 22.3 Å². The fraction of sp³-hybridized carbons (Fsp3) is 0.533. The molecule has 1 saturated carbocycles. The lowest BCUT2D eigenvalue weighted by Crippen LogP contribution is -2.20. The number of phenols is 1. The first kappa shape index (κ1) is 14.5. The van der Waals surface area contributed by atoms with Gasteiger partial charge in [-0.3, -0.25) is 15.1 Å². The Labute approximate surface area is 118 Å². The van der Waals surface area contributed by atoms with Gasteiger partial charge in [0.05, 0.1) is 11.0 Å². The van der Waals surface area contributed by atoms with Crippen LogP contribution in [0, 0.1) is 23.0 Å². The summed E-state index contributed by atoms with van der Waals surface area (Å²) in [6.07, 6.45) is 6.22. The Bertz CT molecular complexity index is 540. The van der Waals surface area contributed by atoms with E-state index >= 15 is 0 Å². The minimum absolute atomic E-state index is 0.0153. The van der Waals surface area contributed by atoms with Crippen LogP contribution in [0.3, 0.4) is 0 Å². The van der Waals surface area contributed by atoms with E-state index in [4.69, 9.17) is 0 Å². The smallest absolute Gasteiger partial charge is 0.270 e. The molecule has 0 bridgehead atoms. The van der Waals surface area contributed by atoms with Crippen molar-refractivity contribution in [1.82, 2.24) is 0 Å². The third-order valence-electron chi connectivity index (χ3n) is 4.00. The van der Waals surface area contributed by atoms with Crippen LogP contribution in [0.25, 0.3) is 0 Å². The van der Waals surface area contributed by atoms with Crippen molar-refractivity contribution in [3.8, 4) is 5.75 Å². The molecule has 1 aromatic carbocycles. The van der Waals surface area contributed by atoms with Crippen LogP contribution in [0.1, 0.15) is 43.7 Å². The number of nitro groups is 1. The molecule has 1 aliphatic carbocycles. The number of non-ortho nitro benzene ring substituents is 1. The molecule has 1 aromatic rings. The fourth-order valence-corrected chi connectivity index (χ4v) is 2.69. The molecule has 2 atom stereocenters. The summed E-state index contributed by atoms with van der Waals surface area (Å²) in [6, 6.07) is 3.00. The van der Waals surface area contributed by atoms with Gasteiger partial charge in [-0.25, -0.2) is 0 Å². The van der Waals surface area contributed by atoms with Gasteiger partial charge in [-0.1, -0.05) is 19.8 Å². The topological polar surface area (TPSA) is 75.7 Å². The van der Waals surface area contributed by atoms with Crippen molar-refractivity contribution < 1.29 is 10.0 Å². The van der Waals surface area contributed by atoms with E-state index in [1.165, 1.54) is 31.4 Å². The summed E-state index contributed by atoms with van der Waals surface area (Å²) in [5.74, 6) is 0.602. The van der Waals surface area contributed by atoms with Gasteiger partial charge in [0.2, 0.25) is 0 Å². The highest BCUT2D eigenvalue weighted by atomic mass is 16.6. The van der Waals surface area contributed by atoms with Crippen LogP contribution in [0.15, 0.2) is 17.1 Å². The molecule has 0 aromatic heterocycles. The number of aromatic hydroxyl groups is 1. The highest BCUT2D eigenvalue weighted by Gasteiger charge is 2.20. The van der Waals surface area contributed by atoms with Crippen LogP contribution in [0.5, 0.6) is 5.75 Å². The van der Waals surface area contributed by atoms with E-state index in [-0.39, 0.29) is 17.5 Å². The van der Waals surface area contributed by atoms with Crippen molar-refractivity contribution in [2.75, 3.05) is 0 Å². The Kier molecular flexibility index (Phi) is 4.37. The van der Waals surface area contributed by atoms with Crippen LogP contribution in [-0.2, 0) is 0 Å². The monoisotopic (exact) mass is 276 g/mol. The summed E-state index contributed by atoms with van der Waals surface area (Å²) in [7, 11) is 0. The standard InChI is InChI=1S/C15H20N2O3/c1-10-5-3-4-6-14(10)16-9-12-8-13(17(19)20)7-11(2)15(12)18/h7-10,14,18H,3-6H2,1-2H3. The van der Waals surface area contributed by atoms with Gasteiger partial charge in [0.1, 0.15) is 5.75 Å². The van der Waals surface area contributed by atoms with Crippen molar-refractivity contribution in [1.29, 1.82) is 0 Å². The second-order valence-electron chi connectivity index (χ2n) is 5.56. The molecule has 108 valence electrons. The summed E-state index contributed by atoms with van der Waals surface area (Å²) < 4.78 is 0. The average Bonchev–Trinajstić information content (AvgIpc) is 2.41. The molecule has 2 unspecified atom stereocenters. The van der Waals surface area contributed by atoms with E-state index in [1.54, 1.807) is 13.1 Å². The normalized spacial score (nSPS) is 23.1. The number of rotatable bonds is 3. The second-order valence-corrected chi connectivity index (χ2v) is 5.56. The van der Waals surface area contributed by atoms with Crippen LogP contribution < -0.4 is 0 Å². The molecular weight excluding hydrogens is 256 g/mol.